The molecule has 1 aromatic heterocycles. The summed E-state index contributed by atoms with van der Waals surface area (Å²) < 4.78 is 0. The highest BCUT2D eigenvalue weighted by Gasteiger charge is 2.19. The van der Waals surface area contributed by atoms with E-state index < -0.39 is 0 Å². The van der Waals surface area contributed by atoms with Gasteiger partial charge in [0, 0.05) is 9.75 Å². The van der Waals surface area contributed by atoms with Gasteiger partial charge in [-0.15, -0.1) is 11.3 Å². The molecule has 1 N–H and O–H groups in total. The minimum absolute atomic E-state index is 0.222. The molecule has 90 valence electrons. The second-order valence-electron chi connectivity index (χ2n) is 5.14. The molecule has 16 heavy (non-hydrogen) atoms. The highest BCUT2D eigenvalue weighted by atomic mass is 32.1. The van der Waals surface area contributed by atoms with Crippen LogP contribution in [0.3, 0.4) is 0 Å². The van der Waals surface area contributed by atoms with Crippen LogP contribution in [0.15, 0.2) is 6.07 Å². The van der Waals surface area contributed by atoms with E-state index in [2.05, 4.69) is 19.9 Å². The molecule has 1 saturated carbocycles. The van der Waals surface area contributed by atoms with Gasteiger partial charge in [0.2, 0.25) is 0 Å². The molecule has 1 aromatic rings. The zero-order chi connectivity index (χ0) is 11.5. The molecule has 1 aliphatic carbocycles. The van der Waals surface area contributed by atoms with Crippen LogP contribution in [0.4, 0.5) is 0 Å². The first-order valence-electron chi connectivity index (χ1n) is 6.42. The summed E-state index contributed by atoms with van der Waals surface area (Å²) >= 11 is 1.76. The molecule has 1 fully saturated rings. The Labute approximate surface area is 103 Å². The zero-order valence-corrected chi connectivity index (χ0v) is 11.1. The number of rotatable bonds is 3. The summed E-state index contributed by atoms with van der Waals surface area (Å²) in [6.45, 7) is 4.26. The van der Waals surface area contributed by atoms with Crippen molar-refractivity contribution in [3.8, 4) is 0 Å². The highest BCUT2D eigenvalue weighted by Crippen LogP contribution is 2.35. The molecule has 0 radical (unpaired) electrons. The monoisotopic (exact) mass is 238 g/mol. The van der Waals surface area contributed by atoms with Gasteiger partial charge in [0.1, 0.15) is 0 Å². The maximum absolute atomic E-state index is 10.2. The van der Waals surface area contributed by atoms with Gasteiger partial charge in [-0.05, 0) is 37.8 Å². The summed E-state index contributed by atoms with van der Waals surface area (Å²) in [6.07, 6.45) is 7.50. The smallest absolute Gasteiger partial charge is 0.0884 e. The van der Waals surface area contributed by atoms with Crippen LogP contribution in [-0.2, 0) is 0 Å². The second kappa shape index (κ2) is 5.33. The Kier molecular flexibility index (Phi) is 4.04. The molecule has 1 atom stereocenters. The van der Waals surface area contributed by atoms with Crippen molar-refractivity contribution in [2.75, 3.05) is 0 Å². The fourth-order valence-corrected chi connectivity index (χ4v) is 3.66. The Morgan fingerprint density at radius 2 is 2.00 bits per heavy atom. The fourth-order valence-electron chi connectivity index (χ4n) is 2.62. The molecule has 1 nitrogen and oxygen atoms in total. The lowest BCUT2D eigenvalue weighted by molar-refractivity contribution is 0.134. The van der Waals surface area contributed by atoms with Gasteiger partial charge in [-0.3, -0.25) is 0 Å². The van der Waals surface area contributed by atoms with E-state index in [1.54, 1.807) is 11.3 Å². The van der Waals surface area contributed by atoms with Gasteiger partial charge in [-0.25, -0.2) is 0 Å². The molecule has 0 spiro atoms. The Morgan fingerprint density at radius 1 is 1.31 bits per heavy atom. The lowest BCUT2D eigenvalue weighted by Gasteiger charge is -2.23. The van der Waals surface area contributed by atoms with Crippen molar-refractivity contribution >= 4 is 11.3 Å². The normalized spacial score (nSPS) is 19.9. The van der Waals surface area contributed by atoms with Gasteiger partial charge >= 0.3 is 0 Å². The minimum atomic E-state index is -0.222. The molecule has 0 aliphatic heterocycles. The average Bonchev–Trinajstić information content (AvgIpc) is 2.61. The number of aliphatic hydroxyl groups is 1. The molecule has 0 amide bonds. The quantitative estimate of drug-likeness (QED) is 0.829. The van der Waals surface area contributed by atoms with Gasteiger partial charge in [0.25, 0.3) is 0 Å². The Bertz CT molecular complexity index is 317. The van der Waals surface area contributed by atoms with Crippen LogP contribution in [0.2, 0.25) is 0 Å². The predicted molar refractivity (Wildman–Crippen MR) is 69.9 cm³/mol. The predicted octanol–water partition coefficient (Wildman–Crippen LogP) is 4.37. The van der Waals surface area contributed by atoms with E-state index in [0.29, 0.717) is 0 Å². The topological polar surface area (TPSA) is 20.2 Å². The summed E-state index contributed by atoms with van der Waals surface area (Å²) in [7, 11) is 0. The standard InChI is InChI=1S/C14H22OS/c1-10-8-14(16-11(10)2)13(15)9-12-6-4-3-5-7-12/h8,12-13,15H,3-7,9H2,1-2H3. The number of hydrogen-bond acceptors (Lipinski definition) is 2. The first-order chi connectivity index (χ1) is 7.66. The van der Waals surface area contributed by atoms with E-state index in [4.69, 9.17) is 0 Å². The number of hydrogen-bond donors (Lipinski definition) is 1. The van der Waals surface area contributed by atoms with Gasteiger partial charge in [-0.2, -0.15) is 0 Å². The summed E-state index contributed by atoms with van der Waals surface area (Å²) in [6, 6.07) is 2.16. The average molecular weight is 238 g/mol. The molecule has 0 bridgehead atoms. The Hall–Kier alpha value is -0.340. The maximum Gasteiger partial charge on any atom is 0.0884 e. The third kappa shape index (κ3) is 2.86. The number of aliphatic hydroxyl groups excluding tert-OH is 1. The van der Waals surface area contributed by atoms with E-state index >= 15 is 0 Å². The van der Waals surface area contributed by atoms with Crippen LogP contribution in [-0.4, -0.2) is 5.11 Å². The second-order valence-corrected chi connectivity index (χ2v) is 6.43. The van der Waals surface area contributed by atoms with Crippen LogP contribution in [0, 0.1) is 19.8 Å². The Balaban J connectivity index is 1.93. The molecule has 0 aromatic carbocycles. The first kappa shape index (κ1) is 12.1. The molecular weight excluding hydrogens is 216 g/mol. The lowest BCUT2D eigenvalue weighted by atomic mass is 9.85. The van der Waals surface area contributed by atoms with Gasteiger partial charge in [-0.1, -0.05) is 32.1 Å². The van der Waals surface area contributed by atoms with Crippen LogP contribution in [0.5, 0.6) is 0 Å². The van der Waals surface area contributed by atoms with Crippen molar-refractivity contribution in [2.24, 2.45) is 5.92 Å². The summed E-state index contributed by atoms with van der Waals surface area (Å²) in [5, 5.41) is 10.2. The SMILES string of the molecule is Cc1cc(C(O)CC2CCCCC2)sc1C. The third-order valence-corrected chi connectivity index (χ3v) is 5.05. The van der Waals surface area contributed by atoms with Crippen molar-refractivity contribution in [2.45, 2.75) is 58.5 Å². The molecule has 1 unspecified atom stereocenters. The van der Waals surface area contributed by atoms with Crippen LogP contribution < -0.4 is 0 Å². The summed E-state index contributed by atoms with van der Waals surface area (Å²) in [5.41, 5.74) is 1.32. The first-order valence-corrected chi connectivity index (χ1v) is 7.23. The lowest BCUT2D eigenvalue weighted by Crippen LogP contribution is -2.10. The molecule has 2 rings (SSSR count). The van der Waals surface area contributed by atoms with E-state index in [0.717, 1.165) is 12.3 Å². The van der Waals surface area contributed by atoms with Gasteiger partial charge < -0.3 is 5.11 Å². The van der Waals surface area contributed by atoms with E-state index in [-0.39, 0.29) is 6.10 Å². The van der Waals surface area contributed by atoms with E-state index in [9.17, 15) is 5.11 Å². The molecule has 1 heterocycles. The fraction of sp³-hybridized carbons (Fsp3) is 0.714. The summed E-state index contributed by atoms with van der Waals surface area (Å²) in [4.78, 5) is 2.51. The zero-order valence-electron chi connectivity index (χ0n) is 10.3. The van der Waals surface area contributed by atoms with Crippen molar-refractivity contribution in [1.82, 2.24) is 0 Å². The molecule has 1 aliphatic rings. The maximum atomic E-state index is 10.2. The minimum Gasteiger partial charge on any atom is -0.388 e. The number of aryl methyl sites for hydroxylation is 2. The highest BCUT2D eigenvalue weighted by molar-refractivity contribution is 7.12. The molecular formula is C14H22OS. The van der Waals surface area contributed by atoms with Crippen molar-refractivity contribution in [3.63, 3.8) is 0 Å². The van der Waals surface area contributed by atoms with Crippen LogP contribution >= 0.6 is 11.3 Å². The van der Waals surface area contributed by atoms with Crippen molar-refractivity contribution < 1.29 is 5.11 Å². The van der Waals surface area contributed by atoms with Gasteiger partial charge in [0.15, 0.2) is 0 Å². The van der Waals surface area contributed by atoms with Crippen molar-refractivity contribution in [3.05, 3.63) is 21.4 Å². The van der Waals surface area contributed by atoms with Crippen molar-refractivity contribution in [1.29, 1.82) is 0 Å². The van der Waals surface area contributed by atoms with Crippen LogP contribution in [0.1, 0.15) is 59.9 Å². The third-order valence-electron chi connectivity index (χ3n) is 3.79. The summed E-state index contributed by atoms with van der Waals surface area (Å²) in [5.74, 6) is 0.756. The van der Waals surface area contributed by atoms with Gasteiger partial charge in [0.05, 0.1) is 6.10 Å². The Morgan fingerprint density at radius 3 is 2.56 bits per heavy atom. The van der Waals surface area contributed by atoms with E-state index in [1.807, 2.05) is 0 Å². The largest absolute Gasteiger partial charge is 0.388 e. The van der Waals surface area contributed by atoms with E-state index in [1.165, 1.54) is 47.4 Å². The molecule has 0 saturated heterocycles. The molecule has 2 heteroatoms. The van der Waals surface area contributed by atoms with Crippen LogP contribution in [0.25, 0.3) is 0 Å². The number of thiophene rings is 1.